The van der Waals surface area contributed by atoms with E-state index >= 15 is 0 Å². The maximum atomic E-state index is 11.7. The maximum Gasteiger partial charge on any atom is 0.432 e. The first-order valence-electron chi connectivity index (χ1n) is 5.97. The van der Waals surface area contributed by atoms with Crippen molar-refractivity contribution in [1.29, 1.82) is 0 Å². The van der Waals surface area contributed by atoms with Gasteiger partial charge in [-0.2, -0.15) is 0 Å². The highest BCUT2D eigenvalue weighted by Crippen LogP contribution is 2.35. The third-order valence-corrected chi connectivity index (χ3v) is 2.89. The quantitative estimate of drug-likeness (QED) is 0.706. The zero-order chi connectivity index (χ0) is 15.1. The zero-order valence-corrected chi connectivity index (χ0v) is 12.2. The molecule has 1 aromatic carbocycles. The Morgan fingerprint density at radius 1 is 1.45 bits per heavy atom. The van der Waals surface area contributed by atoms with Gasteiger partial charge in [0.15, 0.2) is 0 Å². The molecule has 20 heavy (non-hydrogen) atoms. The lowest BCUT2D eigenvalue weighted by molar-refractivity contribution is 0.115. The molecule has 7 heteroatoms. The van der Waals surface area contributed by atoms with E-state index in [1.807, 2.05) is 20.8 Å². The van der Waals surface area contributed by atoms with E-state index in [1.54, 1.807) is 12.1 Å². The molecule has 2 aromatic rings. The van der Waals surface area contributed by atoms with Crippen molar-refractivity contribution in [3.8, 4) is 5.88 Å². The number of nitrogens with one attached hydrogen (secondary N) is 1. The molecule has 0 saturated carbocycles. The van der Waals surface area contributed by atoms with Crippen LogP contribution in [0.4, 0.5) is 10.5 Å². The van der Waals surface area contributed by atoms with Crippen LogP contribution in [-0.2, 0) is 0 Å². The fraction of sp³-hybridized carbons (Fsp3) is 0.308. The van der Waals surface area contributed by atoms with Crippen LogP contribution in [-0.4, -0.2) is 21.5 Å². The van der Waals surface area contributed by atoms with Crippen molar-refractivity contribution < 1.29 is 14.7 Å². The molecule has 2 rings (SSSR count). The number of hydrogen-bond acceptors (Lipinski definition) is 4. The van der Waals surface area contributed by atoms with Crippen LogP contribution in [0.3, 0.4) is 0 Å². The monoisotopic (exact) mass is 297 g/mol. The number of amides is 1. The molecule has 1 aromatic heterocycles. The molecule has 6 nitrogen and oxygen atoms in total. The lowest BCUT2D eigenvalue weighted by Crippen LogP contribution is -2.44. The Kier molecular flexibility index (Phi) is 3.43. The first-order chi connectivity index (χ1) is 9.19. The summed E-state index contributed by atoms with van der Waals surface area (Å²) < 4.78 is 0.938. The summed E-state index contributed by atoms with van der Waals surface area (Å²) in [6, 6.07) is 3.18. The number of carbonyl (C=O) groups is 1. The summed E-state index contributed by atoms with van der Waals surface area (Å²) in [6.45, 7) is 5.44. The van der Waals surface area contributed by atoms with Crippen LogP contribution in [0.25, 0.3) is 10.8 Å². The van der Waals surface area contributed by atoms with Gasteiger partial charge in [-0.15, -0.1) is 4.73 Å². The van der Waals surface area contributed by atoms with Gasteiger partial charge in [0, 0.05) is 16.6 Å². The van der Waals surface area contributed by atoms with Gasteiger partial charge in [0.2, 0.25) is 5.88 Å². The molecule has 0 aliphatic carbocycles. The molecule has 0 saturated heterocycles. The number of nitrogens with zero attached hydrogens (tertiary/aromatic N) is 1. The van der Waals surface area contributed by atoms with E-state index in [-0.39, 0.29) is 5.88 Å². The second kappa shape index (κ2) is 4.79. The molecular formula is C13H16ClN3O3. The molecule has 0 aliphatic heterocycles. The Bertz CT molecular complexity index is 674. The number of anilines is 1. The number of benzene rings is 1. The summed E-state index contributed by atoms with van der Waals surface area (Å²) in [4.78, 5) is 16.7. The second-order valence-corrected chi connectivity index (χ2v) is 5.86. The lowest BCUT2D eigenvalue weighted by Gasteiger charge is -2.19. The topological polar surface area (TPSA) is 89.5 Å². The van der Waals surface area contributed by atoms with E-state index in [9.17, 15) is 9.90 Å². The van der Waals surface area contributed by atoms with E-state index in [0.29, 0.717) is 21.5 Å². The highest BCUT2D eigenvalue weighted by atomic mass is 35.5. The summed E-state index contributed by atoms with van der Waals surface area (Å²) in [6.07, 6.45) is 0.716. The SMILES string of the molecule is CC(C)(C)NC(=O)On1cc2c(Cl)ccc(N)c2c1O. The summed E-state index contributed by atoms with van der Waals surface area (Å²) in [5, 5.41) is 13.9. The van der Waals surface area contributed by atoms with Gasteiger partial charge in [0.25, 0.3) is 0 Å². The maximum absolute atomic E-state index is 11.7. The number of carbonyl (C=O) groups excluding carboxylic acids is 1. The van der Waals surface area contributed by atoms with Crippen molar-refractivity contribution in [3.05, 3.63) is 23.4 Å². The fourth-order valence-electron chi connectivity index (χ4n) is 1.76. The Morgan fingerprint density at radius 3 is 2.65 bits per heavy atom. The normalized spacial score (nSPS) is 11.6. The molecule has 1 amide bonds. The number of halogens is 1. The van der Waals surface area contributed by atoms with Gasteiger partial charge in [-0.1, -0.05) is 11.6 Å². The average molecular weight is 298 g/mol. The van der Waals surface area contributed by atoms with Crippen molar-refractivity contribution in [2.24, 2.45) is 0 Å². The van der Waals surface area contributed by atoms with E-state index < -0.39 is 11.6 Å². The van der Waals surface area contributed by atoms with Gasteiger partial charge in [-0.05, 0) is 32.9 Å². The number of nitrogen functional groups attached to an aromatic ring is 1. The van der Waals surface area contributed by atoms with Crippen molar-refractivity contribution in [2.45, 2.75) is 26.3 Å². The van der Waals surface area contributed by atoms with Crippen molar-refractivity contribution in [2.75, 3.05) is 5.73 Å². The Balaban J connectivity index is 2.37. The van der Waals surface area contributed by atoms with Gasteiger partial charge in [-0.3, -0.25) is 0 Å². The van der Waals surface area contributed by atoms with Crippen LogP contribution in [0.1, 0.15) is 20.8 Å². The smallest absolute Gasteiger partial charge is 0.432 e. The minimum atomic E-state index is -0.692. The molecule has 0 aliphatic rings. The van der Waals surface area contributed by atoms with Gasteiger partial charge >= 0.3 is 6.09 Å². The second-order valence-electron chi connectivity index (χ2n) is 5.46. The number of hydrogen-bond donors (Lipinski definition) is 3. The zero-order valence-electron chi connectivity index (χ0n) is 11.4. The third-order valence-electron chi connectivity index (χ3n) is 2.56. The number of nitrogens with two attached hydrogens (primary N) is 1. The van der Waals surface area contributed by atoms with Crippen LogP contribution in [0.2, 0.25) is 5.02 Å². The van der Waals surface area contributed by atoms with Crippen molar-refractivity contribution >= 4 is 34.2 Å². The highest BCUT2D eigenvalue weighted by molar-refractivity contribution is 6.36. The van der Waals surface area contributed by atoms with Gasteiger partial charge < -0.3 is 21.0 Å². The summed E-state index contributed by atoms with van der Waals surface area (Å²) in [5.74, 6) is -0.274. The highest BCUT2D eigenvalue weighted by Gasteiger charge is 2.19. The van der Waals surface area contributed by atoms with E-state index in [2.05, 4.69) is 5.32 Å². The Hall–Kier alpha value is -2.08. The number of fused-ring (bicyclic) bond motifs is 1. The predicted octanol–water partition coefficient (Wildman–Crippen LogP) is 2.52. The van der Waals surface area contributed by atoms with E-state index in [1.165, 1.54) is 6.20 Å². The van der Waals surface area contributed by atoms with Crippen LogP contribution in [0.5, 0.6) is 5.88 Å². The van der Waals surface area contributed by atoms with Gasteiger partial charge in [-0.25, -0.2) is 4.79 Å². The molecule has 0 spiro atoms. The van der Waals surface area contributed by atoms with Crippen LogP contribution < -0.4 is 15.9 Å². The first-order valence-corrected chi connectivity index (χ1v) is 6.35. The number of aromatic nitrogens is 1. The molecular weight excluding hydrogens is 282 g/mol. The van der Waals surface area contributed by atoms with E-state index in [4.69, 9.17) is 22.2 Å². The number of rotatable bonds is 1. The molecule has 4 N–H and O–H groups in total. The fourth-order valence-corrected chi connectivity index (χ4v) is 1.97. The van der Waals surface area contributed by atoms with Crippen LogP contribution in [0, 0.1) is 0 Å². The summed E-state index contributed by atoms with van der Waals surface area (Å²) >= 11 is 6.02. The van der Waals surface area contributed by atoms with Crippen LogP contribution >= 0.6 is 11.6 Å². The molecule has 0 bridgehead atoms. The minimum absolute atomic E-state index is 0.274. The van der Waals surface area contributed by atoms with Gasteiger partial charge in [0.1, 0.15) is 0 Å². The molecule has 0 unspecified atom stereocenters. The third kappa shape index (κ3) is 2.75. The molecule has 108 valence electrons. The van der Waals surface area contributed by atoms with E-state index in [0.717, 1.165) is 4.73 Å². The Morgan fingerprint density at radius 2 is 2.10 bits per heavy atom. The predicted molar refractivity (Wildman–Crippen MR) is 77.9 cm³/mol. The summed E-state index contributed by atoms with van der Waals surface area (Å²) in [7, 11) is 0. The molecule has 0 atom stereocenters. The standard InChI is InChI=1S/C13H16ClN3O3/c1-13(2,3)16-12(19)20-17-6-7-8(14)4-5-9(15)10(7)11(17)18/h4-6,18H,15H2,1-3H3,(H,16,19). The molecule has 0 radical (unpaired) electrons. The van der Waals surface area contributed by atoms with Crippen molar-refractivity contribution in [1.82, 2.24) is 10.0 Å². The van der Waals surface area contributed by atoms with Crippen molar-refractivity contribution in [3.63, 3.8) is 0 Å². The molecule has 0 fully saturated rings. The average Bonchev–Trinajstić information content (AvgIpc) is 2.60. The first kappa shape index (κ1) is 14.3. The lowest BCUT2D eigenvalue weighted by atomic mass is 10.1. The Labute approximate surface area is 121 Å². The number of aromatic hydroxyl groups is 1. The van der Waals surface area contributed by atoms with Gasteiger partial charge in [0.05, 0.1) is 16.6 Å². The largest absolute Gasteiger partial charge is 0.492 e. The minimum Gasteiger partial charge on any atom is -0.492 e. The summed E-state index contributed by atoms with van der Waals surface area (Å²) in [5.41, 5.74) is 5.68. The molecule has 1 heterocycles. The van der Waals surface area contributed by atoms with Crippen LogP contribution in [0.15, 0.2) is 18.3 Å².